The molecule has 7 heteroatoms. The number of pyridine rings is 1. The fourth-order valence-electron chi connectivity index (χ4n) is 3.54. The van der Waals surface area contributed by atoms with Crippen LogP contribution in [0.1, 0.15) is 11.3 Å². The van der Waals surface area contributed by atoms with E-state index in [1.807, 2.05) is 31.2 Å². The highest BCUT2D eigenvalue weighted by atomic mass is 16.5. The van der Waals surface area contributed by atoms with Gasteiger partial charge in [0.15, 0.2) is 0 Å². The van der Waals surface area contributed by atoms with Crippen molar-refractivity contribution in [2.75, 3.05) is 48.4 Å². The third-order valence-corrected chi connectivity index (χ3v) is 5.07. The molecule has 1 N–H and O–H groups in total. The second-order valence-electron chi connectivity index (χ2n) is 7.05. The summed E-state index contributed by atoms with van der Waals surface area (Å²) in [6.45, 7) is 6.32. The van der Waals surface area contributed by atoms with E-state index in [0.717, 1.165) is 54.7 Å². The van der Waals surface area contributed by atoms with Crippen molar-refractivity contribution in [2.24, 2.45) is 0 Å². The minimum absolute atomic E-state index is 0.656. The van der Waals surface area contributed by atoms with Gasteiger partial charge in [0.2, 0.25) is 5.95 Å². The van der Waals surface area contributed by atoms with Gasteiger partial charge in [-0.15, -0.1) is 0 Å². The van der Waals surface area contributed by atoms with Crippen LogP contribution in [0.5, 0.6) is 5.75 Å². The molecule has 2 aromatic heterocycles. The Morgan fingerprint density at radius 3 is 2.45 bits per heavy atom. The van der Waals surface area contributed by atoms with Gasteiger partial charge in [0.25, 0.3) is 0 Å². The van der Waals surface area contributed by atoms with Crippen molar-refractivity contribution in [2.45, 2.75) is 13.5 Å². The molecule has 1 aliphatic heterocycles. The summed E-state index contributed by atoms with van der Waals surface area (Å²) in [5.41, 5.74) is 3.25. The van der Waals surface area contributed by atoms with E-state index >= 15 is 0 Å². The lowest BCUT2D eigenvalue weighted by molar-refractivity contribution is 0.413. The van der Waals surface area contributed by atoms with E-state index in [9.17, 15) is 0 Å². The van der Waals surface area contributed by atoms with Crippen molar-refractivity contribution in [3.63, 3.8) is 0 Å². The molecule has 4 rings (SSSR count). The number of benzene rings is 1. The monoisotopic (exact) mass is 390 g/mol. The van der Waals surface area contributed by atoms with Crippen LogP contribution in [0.2, 0.25) is 0 Å². The molecule has 3 heterocycles. The van der Waals surface area contributed by atoms with Crippen LogP contribution < -0.4 is 19.9 Å². The van der Waals surface area contributed by atoms with Gasteiger partial charge in [0.05, 0.1) is 12.8 Å². The van der Waals surface area contributed by atoms with Crippen LogP contribution in [0, 0.1) is 6.92 Å². The van der Waals surface area contributed by atoms with Crippen molar-refractivity contribution in [3.05, 3.63) is 66.1 Å². The van der Waals surface area contributed by atoms with Crippen molar-refractivity contribution < 1.29 is 4.74 Å². The largest absolute Gasteiger partial charge is 0.495 e. The van der Waals surface area contributed by atoms with E-state index in [1.54, 1.807) is 19.5 Å². The zero-order chi connectivity index (χ0) is 20.1. The summed E-state index contributed by atoms with van der Waals surface area (Å²) in [6.07, 6.45) is 3.58. The molecule has 0 atom stereocenters. The maximum atomic E-state index is 5.52. The molecule has 0 saturated carbocycles. The molecular weight excluding hydrogens is 364 g/mol. The van der Waals surface area contributed by atoms with Crippen LogP contribution in [0.3, 0.4) is 0 Å². The molecule has 0 unspecified atom stereocenters. The van der Waals surface area contributed by atoms with Crippen molar-refractivity contribution >= 4 is 17.5 Å². The predicted molar refractivity (Wildman–Crippen MR) is 116 cm³/mol. The standard InChI is InChI=1S/C22H26N6O/c1-17-15-21(26-22(25-17)24-16-18-7-9-23-10-8-18)28-13-11-27(12-14-28)19-5-3-4-6-20(19)29-2/h3-10,15H,11-14,16H2,1-2H3,(H,24,25,26). The third-order valence-electron chi connectivity index (χ3n) is 5.07. The number of aryl methyl sites for hydroxylation is 1. The van der Waals surface area contributed by atoms with Crippen LogP contribution in [-0.4, -0.2) is 48.2 Å². The Kier molecular flexibility index (Phi) is 5.74. The third kappa shape index (κ3) is 4.56. The van der Waals surface area contributed by atoms with E-state index in [2.05, 4.69) is 43.3 Å². The van der Waals surface area contributed by atoms with Crippen molar-refractivity contribution in [1.82, 2.24) is 15.0 Å². The summed E-state index contributed by atoms with van der Waals surface area (Å²) >= 11 is 0. The number of para-hydroxylation sites is 2. The maximum Gasteiger partial charge on any atom is 0.225 e. The molecule has 7 nitrogen and oxygen atoms in total. The Labute approximate surface area is 171 Å². The number of piperazine rings is 1. The van der Waals surface area contributed by atoms with Crippen LogP contribution in [0.4, 0.5) is 17.5 Å². The van der Waals surface area contributed by atoms with Gasteiger partial charge in [-0.25, -0.2) is 4.98 Å². The fraction of sp³-hybridized carbons (Fsp3) is 0.318. The molecule has 1 saturated heterocycles. The number of methoxy groups -OCH3 is 1. The second kappa shape index (κ2) is 8.77. The number of rotatable bonds is 6. The molecule has 1 fully saturated rings. The SMILES string of the molecule is COc1ccccc1N1CCN(c2cc(C)nc(NCc3ccncc3)n2)CC1. The Balaban J connectivity index is 1.42. The number of ether oxygens (including phenoxy) is 1. The van der Waals surface area contributed by atoms with E-state index in [0.29, 0.717) is 12.5 Å². The Bertz CT molecular complexity index is 941. The number of hydrogen-bond donors (Lipinski definition) is 1. The number of anilines is 3. The van der Waals surface area contributed by atoms with E-state index in [1.165, 1.54) is 0 Å². The van der Waals surface area contributed by atoms with E-state index in [4.69, 9.17) is 9.72 Å². The summed E-state index contributed by atoms with van der Waals surface area (Å²) < 4.78 is 5.52. The summed E-state index contributed by atoms with van der Waals surface area (Å²) in [7, 11) is 1.72. The summed E-state index contributed by atoms with van der Waals surface area (Å²) in [5, 5.41) is 3.33. The summed E-state index contributed by atoms with van der Waals surface area (Å²) in [6, 6.07) is 14.2. The van der Waals surface area contributed by atoms with Gasteiger partial charge in [-0.3, -0.25) is 4.98 Å². The Morgan fingerprint density at radius 1 is 0.966 bits per heavy atom. The Morgan fingerprint density at radius 2 is 1.69 bits per heavy atom. The molecule has 3 aromatic rings. The van der Waals surface area contributed by atoms with Crippen molar-refractivity contribution in [3.8, 4) is 5.75 Å². The number of nitrogens with one attached hydrogen (secondary N) is 1. The van der Waals surface area contributed by atoms with E-state index in [-0.39, 0.29) is 0 Å². The summed E-state index contributed by atoms with van der Waals surface area (Å²) in [4.78, 5) is 18.0. The summed E-state index contributed by atoms with van der Waals surface area (Å²) in [5.74, 6) is 2.54. The van der Waals surface area contributed by atoms with Gasteiger partial charge in [0, 0.05) is 56.9 Å². The molecule has 1 aromatic carbocycles. The molecule has 0 aliphatic carbocycles. The normalized spacial score (nSPS) is 14.0. The predicted octanol–water partition coefficient (Wildman–Crippen LogP) is 3.13. The first kappa shape index (κ1) is 19.0. The van der Waals surface area contributed by atoms with E-state index < -0.39 is 0 Å². The first-order valence-corrected chi connectivity index (χ1v) is 9.84. The highest BCUT2D eigenvalue weighted by molar-refractivity contribution is 5.59. The fourth-order valence-corrected chi connectivity index (χ4v) is 3.54. The lowest BCUT2D eigenvalue weighted by Gasteiger charge is -2.37. The molecule has 0 radical (unpaired) electrons. The molecule has 29 heavy (non-hydrogen) atoms. The van der Waals surface area contributed by atoms with Crippen LogP contribution in [0.15, 0.2) is 54.9 Å². The minimum atomic E-state index is 0.656. The van der Waals surface area contributed by atoms with Crippen molar-refractivity contribution in [1.29, 1.82) is 0 Å². The molecule has 0 spiro atoms. The van der Waals surface area contributed by atoms with Gasteiger partial charge in [-0.2, -0.15) is 4.98 Å². The number of hydrogen-bond acceptors (Lipinski definition) is 7. The van der Waals surface area contributed by atoms with Gasteiger partial charge in [-0.05, 0) is 36.8 Å². The lowest BCUT2D eigenvalue weighted by Crippen LogP contribution is -2.47. The average Bonchev–Trinajstić information content (AvgIpc) is 2.78. The Hall–Kier alpha value is -3.35. The lowest BCUT2D eigenvalue weighted by atomic mass is 10.2. The maximum absolute atomic E-state index is 5.52. The molecular formula is C22H26N6O. The smallest absolute Gasteiger partial charge is 0.225 e. The highest BCUT2D eigenvalue weighted by Crippen LogP contribution is 2.29. The number of aromatic nitrogens is 3. The van der Waals surface area contributed by atoms with Gasteiger partial charge < -0.3 is 19.9 Å². The van der Waals surface area contributed by atoms with Gasteiger partial charge in [-0.1, -0.05) is 12.1 Å². The zero-order valence-electron chi connectivity index (χ0n) is 16.9. The van der Waals surface area contributed by atoms with Gasteiger partial charge in [0.1, 0.15) is 11.6 Å². The molecule has 0 bridgehead atoms. The van der Waals surface area contributed by atoms with Crippen LogP contribution in [-0.2, 0) is 6.54 Å². The van der Waals surface area contributed by atoms with Gasteiger partial charge >= 0.3 is 0 Å². The average molecular weight is 390 g/mol. The molecule has 0 amide bonds. The zero-order valence-corrected chi connectivity index (χ0v) is 16.9. The highest BCUT2D eigenvalue weighted by Gasteiger charge is 2.21. The first-order valence-electron chi connectivity index (χ1n) is 9.84. The topological polar surface area (TPSA) is 66.4 Å². The molecule has 1 aliphatic rings. The van der Waals surface area contributed by atoms with Crippen LogP contribution >= 0.6 is 0 Å². The second-order valence-corrected chi connectivity index (χ2v) is 7.05. The molecule has 150 valence electrons. The first-order chi connectivity index (χ1) is 14.2. The minimum Gasteiger partial charge on any atom is -0.495 e. The quantitative estimate of drug-likeness (QED) is 0.694. The van der Waals surface area contributed by atoms with Crippen LogP contribution in [0.25, 0.3) is 0 Å². The number of nitrogens with zero attached hydrogens (tertiary/aromatic N) is 5.